The molecule has 4 nitrogen and oxygen atoms in total. The second kappa shape index (κ2) is 1.21. The quantitative estimate of drug-likeness (QED) is 0.367. The lowest BCUT2D eigenvalue weighted by atomic mass is 10.4. The normalized spacial score (nSPS) is 42.8. The van der Waals surface area contributed by atoms with Crippen LogP contribution in [0.15, 0.2) is 0 Å². The van der Waals surface area contributed by atoms with Crippen LogP contribution in [0.3, 0.4) is 0 Å². The zero-order chi connectivity index (χ0) is 5.56. The van der Waals surface area contributed by atoms with Gasteiger partial charge in [0.25, 0.3) is 5.91 Å². The van der Waals surface area contributed by atoms with Gasteiger partial charge in [-0.1, -0.05) is 0 Å². The molecule has 2 unspecified atom stereocenters. The number of hydrogen-bond acceptors (Lipinski definition) is 3. The van der Waals surface area contributed by atoms with Gasteiger partial charge in [0.2, 0.25) is 0 Å². The first-order valence-corrected chi connectivity index (χ1v) is 2.65. The first-order valence-electron chi connectivity index (χ1n) is 2.65. The number of carbonyl (C=O) groups is 1. The van der Waals surface area contributed by atoms with Crippen molar-refractivity contribution in [1.29, 1.82) is 0 Å². The number of carbonyl (C=O) groups excluding carboxylic acids is 1. The summed E-state index contributed by atoms with van der Waals surface area (Å²) in [7, 11) is 0. The second-order valence-corrected chi connectivity index (χ2v) is 2.11. The van der Waals surface area contributed by atoms with E-state index >= 15 is 0 Å². The molecule has 2 rings (SSSR count). The Morgan fingerprint density at radius 2 is 2.62 bits per heavy atom. The maximum Gasteiger partial charge on any atom is 0.252 e. The molecule has 2 fully saturated rings. The zero-order valence-electron chi connectivity index (χ0n) is 4.35. The van der Waals surface area contributed by atoms with E-state index in [1.54, 1.807) is 0 Å². The summed E-state index contributed by atoms with van der Waals surface area (Å²) in [5.41, 5.74) is 5.30. The molecule has 2 saturated heterocycles. The molecule has 44 valence electrons. The van der Waals surface area contributed by atoms with Gasteiger partial charge < -0.3 is 0 Å². The van der Waals surface area contributed by atoms with Crippen molar-refractivity contribution in [3.8, 4) is 0 Å². The van der Waals surface area contributed by atoms with Crippen molar-refractivity contribution in [3.05, 3.63) is 0 Å². The van der Waals surface area contributed by atoms with E-state index in [-0.39, 0.29) is 11.9 Å². The van der Waals surface area contributed by atoms with Crippen molar-refractivity contribution in [2.24, 2.45) is 0 Å². The van der Waals surface area contributed by atoms with Gasteiger partial charge in [-0.25, -0.2) is 5.43 Å². The Morgan fingerprint density at radius 3 is 3.25 bits per heavy atom. The van der Waals surface area contributed by atoms with E-state index in [0.717, 1.165) is 13.2 Å². The first kappa shape index (κ1) is 4.29. The van der Waals surface area contributed by atoms with E-state index in [1.807, 2.05) is 0 Å². The molecule has 2 N–H and O–H groups in total. The number of rotatable bonds is 0. The molecule has 8 heavy (non-hydrogen) atoms. The predicted octanol–water partition coefficient (Wildman–Crippen LogP) is -1.74. The fourth-order valence-electron chi connectivity index (χ4n) is 0.910. The summed E-state index contributed by atoms with van der Waals surface area (Å²) in [5, 5.41) is 0. The van der Waals surface area contributed by atoms with Gasteiger partial charge in [-0.15, -0.1) is 0 Å². The Morgan fingerprint density at radius 1 is 1.75 bits per heavy atom. The first-order chi connectivity index (χ1) is 3.88. The van der Waals surface area contributed by atoms with Crippen LogP contribution in [0.4, 0.5) is 0 Å². The van der Waals surface area contributed by atoms with Gasteiger partial charge in [0.05, 0.1) is 6.67 Å². The number of hydrogen-bond donors (Lipinski definition) is 2. The Bertz CT molecular complexity index is 135. The average molecular weight is 113 g/mol. The number of nitrogens with one attached hydrogen (secondary N) is 2. The minimum atomic E-state index is 0.108. The smallest absolute Gasteiger partial charge is 0.252 e. The summed E-state index contributed by atoms with van der Waals surface area (Å²) in [6.45, 7) is 1.73. The molecule has 0 aromatic heterocycles. The molecule has 2 aliphatic heterocycles. The summed E-state index contributed by atoms with van der Waals surface area (Å²) in [6.07, 6.45) is 0. The highest BCUT2D eigenvalue weighted by atomic mass is 16.2. The summed E-state index contributed by atoms with van der Waals surface area (Å²) >= 11 is 0. The van der Waals surface area contributed by atoms with Crippen molar-refractivity contribution in [1.82, 2.24) is 15.8 Å². The van der Waals surface area contributed by atoms with Crippen LogP contribution in [0.25, 0.3) is 0 Å². The largest absolute Gasteiger partial charge is 0.289 e. The number of amides is 1. The maximum atomic E-state index is 10.6. The lowest BCUT2D eigenvalue weighted by Gasteiger charge is -2.12. The molecule has 0 aliphatic carbocycles. The molecule has 0 aromatic rings. The Balaban J connectivity index is 2.08. The third-order valence-corrected chi connectivity index (χ3v) is 1.51. The SMILES string of the molecule is O=C1NNCN2CC12. The Kier molecular flexibility index (Phi) is 0.648. The monoisotopic (exact) mass is 113 g/mol. The summed E-state index contributed by atoms with van der Waals surface area (Å²) in [5.74, 6) is 0.108. The molecule has 0 saturated carbocycles. The van der Waals surface area contributed by atoms with Crippen LogP contribution in [0.5, 0.6) is 0 Å². The third kappa shape index (κ3) is 0.439. The maximum absolute atomic E-state index is 10.6. The molecule has 2 atom stereocenters. The Hall–Kier alpha value is -0.610. The van der Waals surface area contributed by atoms with Gasteiger partial charge in [0.1, 0.15) is 6.04 Å². The molecule has 2 heterocycles. The van der Waals surface area contributed by atoms with Crippen LogP contribution in [-0.2, 0) is 4.79 Å². The van der Waals surface area contributed by atoms with Crippen LogP contribution < -0.4 is 10.9 Å². The van der Waals surface area contributed by atoms with Crippen LogP contribution in [-0.4, -0.2) is 30.1 Å². The molecule has 0 bridgehead atoms. The number of fused-ring (bicyclic) bond motifs is 1. The minimum Gasteiger partial charge on any atom is -0.289 e. The predicted molar refractivity (Wildman–Crippen MR) is 26.6 cm³/mol. The molecule has 2 aliphatic rings. The fourth-order valence-corrected chi connectivity index (χ4v) is 0.910. The third-order valence-electron chi connectivity index (χ3n) is 1.51. The van der Waals surface area contributed by atoms with Crippen molar-refractivity contribution in [2.45, 2.75) is 6.04 Å². The summed E-state index contributed by atoms with van der Waals surface area (Å²) in [4.78, 5) is 12.7. The fraction of sp³-hybridized carbons (Fsp3) is 0.750. The van der Waals surface area contributed by atoms with Gasteiger partial charge in [-0.2, -0.15) is 0 Å². The van der Waals surface area contributed by atoms with Gasteiger partial charge in [0.15, 0.2) is 0 Å². The van der Waals surface area contributed by atoms with Gasteiger partial charge >= 0.3 is 0 Å². The van der Waals surface area contributed by atoms with Crippen molar-refractivity contribution < 1.29 is 4.79 Å². The van der Waals surface area contributed by atoms with E-state index in [0.29, 0.717) is 0 Å². The van der Waals surface area contributed by atoms with Crippen LogP contribution >= 0.6 is 0 Å². The number of hydrazine groups is 1. The second-order valence-electron chi connectivity index (χ2n) is 2.11. The van der Waals surface area contributed by atoms with Crippen LogP contribution in [0.1, 0.15) is 0 Å². The van der Waals surface area contributed by atoms with Crippen molar-refractivity contribution in [2.75, 3.05) is 13.2 Å². The molecule has 0 radical (unpaired) electrons. The van der Waals surface area contributed by atoms with E-state index in [9.17, 15) is 4.79 Å². The standard InChI is InChI=1S/C4H7N3O/c8-4-3-1-7(3)2-5-6-4/h3,5H,1-2H2,(H,6,8). The van der Waals surface area contributed by atoms with E-state index in [1.165, 1.54) is 0 Å². The molecule has 1 amide bonds. The van der Waals surface area contributed by atoms with E-state index in [4.69, 9.17) is 0 Å². The van der Waals surface area contributed by atoms with Crippen molar-refractivity contribution in [3.63, 3.8) is 0 Å². The molecule has 0 spiro atoms. The highest BCUT2D eigenvalue weighted by Gasteiger charge is 2.42. The molecular weight excluding hydrogens is 106 g/mol. The zero-order valence-corrected chi connectivity index (χ0v) is 4.35. The lowest BCUT2D eigenvalue weighted by Crippen LogP contribution is -2.48. The average Bonchev–Trinajstić information content (AvgIpc) is 2.45. The highest BCUT2D eigenvalue weighted by molar-refractivity contribution is 5.84. The highest BCUT2D eigenvalue weighted by Crippen LogP contribution is 2.16. The van der Waals surface area contributed by atoms with Crippen LogP contribution in [0, 0.1) is 0 Å². The molecule has 0 aromatic carbocycles. The van der Waals surface area contributed by atoms with E-state index in [2.05, 4.69) is 15.8 Å². The minimum absolute atomic E-state index is 0.108. The topological polar surface area (TPSA) is 44.1 Å². The Labute approximate surface area is 46.8 Å². The summed E-state index contributed by atoms with van der Waals surface area (Å²) in [6, 6.07) is 0.191. The lowest BCUT2D eigenvalue weighted by molar-refractivity contribution is -0.123. The van der Waals surface area contributed by atoms with Crippen molar-refractivity contribution >= 4 is 5.91 Å². The van der Waals surface area contributed by atoms with Crippen LogP contribution in [0.2, 0.25) is 0 Å². The summed E-state index contributed by atoms with van der Waals surface area (Å²) < 4.78 is 0. The number of nitrogens with zero attached hydrogens (tertiary/aromatic N) is 1. The van der Waals surface area contributed by atoms with Gasteiger partial charge in [-0.05, 0) is 0 Å². The molecular formula is C4H7N3O. The van der Waals surface area contributed by atoms with E-state index < -0.39 is 0 Å². The molecule has 4 heteroatoms. The van der Waals surface area contributed by atoms with Gasteiger partial charge in [-0.3, -0.25) is 15.1 Å². The van der Waals surface area contributed by atoms with Gasteiger partial charge in [0, 0.05) is 6.54 Å².